The molecule has 0 bridgehead atoms. The second kappa shape index (κ2) is 7.01. The van der Waals surface area contributed by atoms with Gasteiger partial charge in [0.1, 0.15) is 6.07 Å². The molecule has 108 valence electrons. The summed E-state index contributed by atoms with van der Waals surface area (Å²) < 4.78 is 0. The van der Waals surface area contributed by atoms with Crippen molar-refractivity contribution >= 4 is 17.4 Å². The van der Waals surface area contributed by atoms with Crippen LogP contribution in [0, 0.1) is 17.2 Å². The van der Waals surface area contributed by atoms with Gasteiger partial charge in [0.25, 0.3) is 0 Å². The Morgan fingerprint density at radius 3 is 3.00 bits per heavy atom. The van der Waals surface area contributed by atoms with Gasteiger partial charge in [-0.15, -0.1) is 11.8 Å². The average Bonchev–Trinajstić information content (AvgIpc) is 2.47. The number of piperidine rings is 1. The molecule has 0 amide bonds. The fourth-order valence-corrected chi connectivity index (χ4v) is 3.61. The third-order valence-electron chi connectivity index (χ3n) is 3.96. The van der Waals surface area contributed by atoms with Crippen molar-refractivity contribution in [3.05, 3.63) is 23.8 Å². The van der Waals surface area contributed by atoms with Crippen LogP contribution in [0.15, 0.2) is 23.1 Å². The van der Waals surface area contributed by atoms with Crippen LogP contribution in [0.2, 0.25) is 0 Å². The lowest BCUT2D eigenvalue weighted by Crippen LogP contribution is -2.42. The summed E-state index contributed by atoms with van der Waals surface area (Å²) in [6, 6.07) is 8.79. The van der Waals surface area contributed by atoms with Crippen molar-refractivity contribution < 1.29 is 0 Å². The first kappa shape index (κ1) is 15.2. The Morgan fingerprint density at radius 2 is 2.35 bits per heavy atom. The summed E-state index contributed by atoms with van der Waals surface area (Å²) in [6.07, 6.45) is 2.35. The van der Waals surface area contributed by atoms with E-state index in [1.54, 1.807) is 11.8 Å². The van der Waals surface area contributed by atoms with Crippen LogP contribution in [0.25, 0.3) is 0 Å². The number of hydrogen-bond donors (Lipinski definition) is 1. The number of thioether (sulfide) groups is 1. The number of benzene rings is 1. The maximum absolute atomic E-state index is 9.52. The molecule has 1 aliphatic rings. The highest BCUT2D eigenvalue weighted by molar-refractivity contribution is 7.99. The van der Waals surface area contributed by atoms with Gasteiger partial charge in [-0.1, -0.05) is 13.0 Å². The fraction of sp³-hybridized carbons (Fsp3) is 0.562. The van der Waals surface area contributed by atoms with Crippen LogP contribution < -0.4 is 10.6 Å². The molecule has 1 aromatic carbocycles. The van der Waals surface area contributed by atoms with Crippen LogP contribution in [-0.4, -0.2) is 24.9 Å². The molecule has 1 saturated heterocycles. The molecule has 3 nitrogen and oxygen atoms in total. The molecule has 20 heavy (non-hydrogen) atoms. The van der Waals surface area contributed by atoms with Crippen molar-refractivity contribution in [2.24, 2.45) is 11.7 Å². The zero-order valence-electron chi connectivity index (χ0n) is 12.3. The summed E-state index contributed by atoms with van der Waals surface area (Å²) in [5.41, 5.74) is 7.96. The molecule has 0 aliphatic carbocycles. The van der Waals surface area contributed by atoms with Crippen molar-refractivity contribution in [3.63, 3.8) is 0 Å². The lowest BCUT2D eigenvalue weighted by Gasteiger charge is -2.36. The number of nitrogens with two attached hydrogens (primary N) is 1. The maximum Gasteiger partial charge on any atom is 0.103 e. The first-order valence-corrected chi connectivity index (χ1v) is 8.32. The molecule has 0 radical (unpaired) electrons. The molecule has 2 N–H and O–H groups in total. The van der Waals surface area contributed by atoms with E-state index in [0.29, 0.717) is 5.92 Å². The van der Waals surface area contributed by atoms with Crippen molar-refractivity contribution in [3.8, 4) is 6.07 Å². The van der Waals surface area contributed by atoms with E-state index in [2.05, 4.69) is 36.9 Å². The molecule has 1 heterocycles. The van der Waals surface area contributed by atoms with E-state index in [0.717, 1.165) is 41.4 Å². The number of nitriles is 1. The molecule has 0 spiro atoms. The minimum Gasteiger partial charge on any atom is -0.370 e. The van der Waals surface area contributed by atoms with Gasteiger partial charge in [-0.2, -0.15) is 5.26 Å². The molecule has 1 fully saturated rings. The minimum atomic E-state index is 0.219. The van der Waals surface area contributed by atoms with Crippen molar-refractivity contribution in [2.45, 2.75) is 37.6 Å². The fourth-order valence-electron chi connectivity index (χ4n) is 2.83. The van der Waals surface area contributed by atoms with Gasteiger partial charge in [-0.25, -0.2) is 0 Å². The Morgan fingerprint density at radius 1 is 1.55 bits per heavy atom. The second-order valence-electron chi connectivity index (χ2n) is 5.40. The van der Waals surface area contributed by atoms with Crippen molar-refractivity contribution in [1.29, 1.82) is 5.26 Å². The van der Waals surface area contributed by atoms with E-state index in [1.165, 1.54) is 6.42 Å². The molecule has 4 heteroatoms. The van der Waals surface area contributed by atoms with Crippen LogP contribution in [0.1, 0.15) is 32.3 Å². The smallest absolute Gasteiger partial charge is 0.103 e. The van der Waals surface area contributed by atoms with Gasteiger partial charge in [0.05, 0.1) is 11.3 Å². The number of rotatable bonds is 4. The molecule has 2 atom stereocenters. The quantitative estimate of drug-likeness (QED) is 0.865. The van der Waals surface area contributed by atoms with Crippen LogP contribution >= 0.6 is 11.8 Å². The number of nitrogens with zero attached hydrogens (tertiary/aromatic N) is 2. The van der Waals surface area contributed by atoms with E-state index in [4.69, 9.17) is 5.73 Å². The summed E-state index contributed by atoms with van der Waals surface area (Å²) in [5.74, 6) is 1.51. The molecule has 0 saturated carbocycles. The predicted molar refractivity (Wildman–Crippen MR) is 86.1 cm³/mol. The number of anilines is 1. The summed E-state index contributed by atoms with van der Waals surface area (Å²) in [7, 11) is 0. The Labute approximate surface area is 126 Å². The molecule has 0 aromatic heterocycles. The summed E-state index contributed by atoms with van der Waals surface area (Å²) in [5, 5.41) is 9.52. The topological polar surface area (TPSA) is 53.0 Å². The van der Waals surface area contributed by atoms with Crippen molar-refractivity contribution in [1.82, 2.24) is 0 Å². The Bertz CT molecular complexity index is 493. The SMILES string of the molecule is CCSc1cccc(N2CCCC(C(C)N)C2)c1C#N. The van der Waals surface area contributed by atoms with E-state index in [9.17, 15) is 5.26 Å². The van der Waals surface area contributed by atoms with E-state index in [1.807, 2.05) is 6.07 Å². The molecule has 2 unspecified atom stereocenters. The third kappa shape index (κ3) is 3.28. The first-order chi connectivity index (χ1) is 9.67. The minimum absolute atomic E-state index is 0.219. The predicted octanol–water partition coefficient (Wildman–Crippen LogP) is 3.23. The monoisotopic (exact) mass is 289 g/mol. The van der Waals surface area contributed by atoms with Gasteiger partial charge in [0.15, 0.2) is 0 Å². The van der Waals surface area contributed by atoms with E-state index >= 15 is 0 Å². The van der Waals surface area contributed by atoms with E-state index in [-0.39, 0.29) is 6.04 Å². The van der Waals surface area contributed by atoms with Gasteiger partial charge in [0.2, 0.25) is 0 Å². The highest BCUT2D eigenvalue weighted by atomic mass is 32.2. The first-order valence-electron chi connectivity index (χ1n) is 7.33. The maximum atomic E-state index is 9.52. The normalized spacial score (nSPS) is 20.5. The van der Waals surface area contributed by atoms with Gasteiger partial charge < -0.3 is 10.6 Å². The summed E-state index contributed by atoms with van der Waals surface area (Å²) >= 11 is 1.74. The molecule has 1 aromatic rings. The van der Waals surface area contributed by atoms with Crippen LogP contribution in [0.4, 0.5) is 5.69 Å². The van der Waals surface area contributed by atoms with Crippen LogP contribution in [-0.2, 0) is 0 Å². The zero-order valence-corrected chi connectivity index (χ0v) is 13.1. The zero-order chi connectivity index (χ0) is 14.5. The Balaban J connectivity index is 2.28. The molecular weight excluding hydrogens is 266 g/mol. The van der Waals surface area contributed by atoms with Gasteiger partial charge in [-0.3, -0.25) is 0 Å². The largest absolute Gasteiger partial charge is 0.370 e. The lowest BCUT2D eigenvalue weighted by molar-refractivity contribution is 0.364. The van der Waals surface area contributed by atoms with Gasteiger partial charge >= 0.3 is 0 Å². The second-order valence-corrected chi connectivity index (χ2v) is 6.71. The molecule has 2 rings (SSSR count). The standard InChI is InChI=1S/C16H23N3S/c1-3-20-16-8-4-7-15(14(16)10-17)19-9-5-6-13(11-19)12(2)18/h4,7-8,12-13H,3,5-6,9,11,18H2,1-2H3. The third-order valence-corrected chi connectivity index (χ3v) is 4.90. The van der Waals surface area contributed by atoms with Crippen molar-refractivity contribution in [2.75, 3.05) is 23.7 Å². The van der Waals surface area contributed by atoms with Gasteiger partial charge in [0, 0.05) is 24.0 Å². The van der Waals surface area contributed by atoms with Gasteiger partial charge in [-0.05, 0) is 43.6 Å². The van der Waals surface area contributed by atoms with E-state index < -0.39 is 0 Å². The highest BCUT2D eigenvalue weighted by Crippen LogP contribution is 2.32. The summed E-state index contributed by atoms with van der Waals surface area (Å²) in [6.45, 7) is 6.19. The highest BCUT2D eigenvalue weighted by Gasteiger charge is 2.24. The average molecular weight is 289 g/mol. The molecular formula is C16H23N3S. The Hall–Kier alpha value is -1.18. The summed E-state index contributed by atoms with van der Waals surface area (Å²) in [4.78, 5) is 3.44. The molecule has 1 aliphatic heterocycles. The number of hydrogen-bond acceptors (Lipinski definition) is 4. The lowest BCUT2D eigenvalue weighted by atomic mass is 9.91. The Kier molecular flexibility index (Phi) is 5.33. The van der Waals surface area contributed by atoms with Crippen LogP contribution in [0.5, 0.6) is 0 Å². The van der Waals surface area contributed by atoms with Crippen LogP contribution in [0.3, 0.4) is 0 Å².